The zero-order chi connectivity index (χ0) is 16.9. The van der Waals surface area contributed by atoms with Crippen molar-refractivity contribution in [3.63, 3.8) is 0 Å². The Kier molecular flexibility index (Phi) is 9.57. The van der Waals surface area contributed by atoms with Gasteiger partial charge in [-0.2, -0.15) is 0 Å². The molecule has 0 radical (unpaired) electrons. The lowest BCUT2D eigenvalue weighted by Gasteiger charge is -2.34. The van der Waals surface area contributed by atoms with Crippen molar-refractivity contribution in [1.82, 2.24) is 20.4 Å². The van der Waals surface area contributed by atoms with Crippen molar-refractivity contribution in [3.05, 3.63) is 0 Å². The molecule has 23 heavy (non-hydrogen) atoms. The Morgan fingerprint density at radius 2 is 1.57 bits per heavy atom. The molecule has 1 aliphatic rings. The van der Waals surface area contributed by atoms with Gasteiger partial charge >= 0.3 is 0 Å². The Morgan fingerprint density at radius 3 is 2.17 bits per heavy atom. The molecule has 9 heteroatoms. The summed E-state index contributed by atoms with van der Waals surface area (Å²) in [5.41, 5.74) is 0. The Balaban J connectivity index is 2.04. The quantitative estimate of drug-likeness (QED) is 0.204. The first-order valence-corrected chi connectivity index (χ1v) is 7.75. The van der Waals surface area contributed by atoms with Crippen LogP contribution in [0, 0.1) is 0 Å². The Hall–Kier alpha value is -2.00. The zero-order valence-corrected chi connectivity index (χ0v) is 13.6. The number of hydrogen-bond acceptors (Lipinski definition) is 7. The number of amides is 2. The van der Waals surface area contributed by atoms with Gasteiger partial charge in [-0.05, 0) is 13.0 Å². The van der Waals surface area contributed by atoms with Gasteiger partial charge < -0.3 is 20.7 Å². The molecule has 2 amide bonds. The summed E-state index contributed by atoms with van der Waals surface area (Å²) in [7, 11) is 1.57. The van der Waals surface area contributed by atoms with Gasteiger partial charge in [-0.15, -0.1) is 0 Å². The summed E-state index contributed by atoms with van der Waals surface area (Å²) in [6, 6.07) is 0. The lowest BCUT2D eigenvalue weighted by molar-refractivity contribution is -0.115. The van der Waals surface area contributed by atoms with Gasteiger partial charge in [0.2, 0.25) is 0 Å². The Bertz CT molecular complexity index is 419. The minimum atomic E-state index is -0.388. The van der Waals surface area contributed by atoms with Crippen molar-refractivity contribution in [3.8, 4) is 0 Å². The number of nitrogens with zero attached hydrogens (tertiary/aromatic N) is 4. The molecule has 1 heterocycles. The SMILES string of the molecule is C/N=C/C(=O)NCCCN1CCN(CCNC(=O)/C=N/O)CC1. The minimum Gasteiger partial charge on any atom is -0.411 e. The molecule has 0 saturated carbocycles. The van der Waals surface area contributed by atoms with E-state index >= 15 is 0 Å². The van der Waals surface area contributed by atoms with Crippen molar-refractivity contribution in [2.45, 2.75) is 6.42 Å². The lowest BCUT2D eigenvalue weighted by atomic mass is 10.3. The summed E-state index contributed by atoms with van der Waals surface area (Å²) in [6.45, 7) is 6.82. The molecule has 130 valence electrons. The Labute approximate surface area is 136 Å². The third kappa shape index (κ3) is 8.89. The maximum absolute atomic E-state index is 11.2. The van der Waals surface area contributed by atoms with Gasteiger partial charge in [0.25, 0.3) is 11.8 Å². The maximum atomic E-state index is 11.2. The molecular formula is C14H26N6O3. The molecule has 0 bridgehead atoms. The average molecular weight is 326 g/mol. The average Bonchev–Trinajstić information content (AvgIpc) is 2.53. The number of aliphatic imine (C=N–C) groups is 1. The van der Waals surface area contributed by atoms with Gasteiger partial charge in [0.15, 0.2) is 0 Å². The number of rotatable bonds is 9. The first kappa shape index (κ1) is 19.0. The monoisotopic (exact) mass is 326 g/mol. The van der Waals surface area contributed by atoms with Gasteiger partial charge in [-0.3, -0.25) is 19.5 Å². The number of carbonyl (C=O) groups is 2. The number of piperazine rings is 1. The first-order chi connectivity index (χ1) is 11.2. The van der Waals surface area contributed by atoms with E-state index in [1.54, 1.807) is 7.05 Å². The molecule has 1 aliphatic heterocycles. The highest BCUT2D eigenvalue weighted by Crippen LogP contribution is 2.01. The fourth-order valence-corrected chi connectivity index (χ4v) is 2.35. The highest BCUT2D eigenvalue weighted by molar-refractivity contribution is 6.26. The van der Waals surface area contributed by atoms with Crippen LogP contribution in [0.25, 0.3) is 0 Å². The standard InChI is InChI=1S/C14H26N6O3/c1-15-11-13(21)16-3-2-5-19-7-9-20(10-8-19)6-4-17-14(22)12-18-23/h11-12,23H,2-10H2,1H3,(H,16,21)(H,17,22)/b15-11+,18-12+. The van der Waals surface area contributed by atoms with E-state index in [1.807, 2.05) is 0 Å². The molecular weight excluding hydrogens is 300 g/mol. The van der Waals surface area contributed by atoms with Gasteiger partial charge in [-0.1, -0.05) is 5.16 Å². The fraction of sp³-hybridized carbons (Fsp3) is 0.714. The third-order valence-electron chi connectivity index (χ3n) is 3.56. The van der Waals surface area contributed by atoms with Crippen molar-refractivity contribution < 1.29 is 14.8 Å². The molecule has 9 nitrogen and oxygen atoms in total. The molecule has 3 N–H and O–H groups in total. The second-order valence-corrected chi connectivity index (χ2v) is 5.25. The van der Waals surface area contributed by atoms with E-state index in [2.05, 4.69) is 30.6 Å². The van der Waals surface area contributed by atoms with Crippen LogP contribution in [0.15, 0.2) is 10.1 Å². The van der Waals surface area contributed by atoms with E-state index < -0.39 is 0 Å². The van der Waals surface area contributed by atoms with E-state index in [9.17, 15) is 9.59 Å². The normalized spacial score (nSPS) is 16.9. The van der Waals surface area contributed by atoms with Crippen LogP contribution < -0.4 is 10.6 Å². The lowest BCUT2D eigenvalue weighted by Crippen LogP contribution is -2.48. The van der Waals surface area contributed by atoms with Gasteiger partial charge in [-0.25, -0.2) is 0 Å². The van der Waals surface area contributed by atoms with Crippen LogP contribution in [-0.2, 0) is 9.59 Å². The topological polar surface area (TPSA) is 110 Å². The number of carbonyl (C=O) groups excluding carboxylic acids is 2. The van der Waals surface area contributed by atoms with Crippen molar-refractivity contribution in [1.29, 1.82) is 0 Å². The maximum Gasteiger partial charge on any atom is 0.265 e. The van der Waals surface area contributed by atoms with Crippen molar-refractivity contribution in [2.24, 2.45) is 10.1 Å². The molecule has 0 atom stereocenters. The van der Waals surface area contributed by atoms with E-state index in [1.165, 1.54) is 6.21 Å². The van der Waals surface area contributed by atoms with Gasteiger partial charge in [0.1, 0.15) is 6.21 Å². The summed E-state index contributed by atoms with van der Waals surface area (Å²) in [4.78, 5) is 30.6. The molecule has 1 fully saturated rings. The molecule has 0 aromatic heterocycles. The van der Waals surface area contributed by atoms with E-state index in [-0.39, 0.29) is 11.8 Å². The van der Waals surface area contributed by atoms with Crippen LogP contribution in [0.4, 0.5) is 0 Å². The molecule has 0 unspecified atom stereocenters. The summed E-state index contributed by atoms with van der Waals surface area (Å²) in [6.07, 6.45) is 3.05. The second kappa shape index (κ2) is 11.6. The highest BCUT2D eigenvalue weighted by atomic mass is 16.4. The molecule has 0 aromatic carbocycles. The first-order valence-electron chi connectivity index (χ1n) is 7.75. The predicted molar refractivity (Wildman–Crippen MR) is 88.2 cm³/mol. The van der Waals surface area contributed by atoms with Crippen molar-refractivity contribution >= 4 is 24.2 Å². The fourth-order valence-electron chi connectivity index (χ4n) is 2.35. The van der Waals surface area contributed by atoms with Crippen LogP contribution in [0.1, 0.15) is 6.42 Å². The molecule has 1 saturated heterocycles. The van der Waals surface area contributed by atoms with E-state index in [0.29, 0.717) is 13.1 Å². The van der Waals surface area contributed by atoms with E-state index in [0.717, 1.165) is 51.9 Å². The zero-order valence-electron chi connectivity index (χ0n) is 13.6. The van der Waals surface area contributed by atoms with Crippen LogP contribution in [0.3, 0.4) is 0 Å². The molecule has 1 rings (SSSR count). The van der Waals surface area contributed by atoms with Gasteiger partial charge in [0.05, 0.1) is 6.21 Å². The summed E-state index contributed by atoms with van der Waals surface area (Å²) in [5, 5.41) is 16.3. The minimum absolute atomic E-state index is 0.148. The Morgan fingerprint density at radius 1 is 1.00 bits per heavy atom. The van der Waals surface area contributed by atoms with E-state index in [4.69, 9.17) is 5.21 Å². The number of oxime groups is 1. The van der Waals surface area contributed by atoms with Gasteiger partial charge in [0, 0.05) is 52.9 Å². The molecule has 0 aliphatic carbocycles. The number of hydrogen-bond donors (Lipinski definition) is 3. The summed E-state index contributed by atoms with van der Waals surface area (Å²) in [5.74, 6) is -0.535. The second-order valence-electron chi connectivity index (χ2n) is 5.25. The van der Waals surface area contributed by atoms with Crippen LogP contribution >= 0.6 is 0 Å². The summed E-state index contributed by atoms with van der Waals surface area (Å²) < 4.78 is 0. The van der Waals surface area contributed by atoms with Crippen LogP contribution in [0.2, 0.25) is 0 Å². The summed E-state index contributed by atoms with van der Waals surface area (Å²) >= 11 is 0. The van der Waals surface area contributed by atoms with Crippen LogP contribution in [0.5, 0.6) is 0 Å². The number of nitrogens with one attached hydrogen (secondary N) is 2. The molecule has 0 spiro atoms. The third-order valence-corrected chi connectivity index (χ3v) is 3.56. The smallest absolute Gasteiger partial charge is 0.265 e. The predicted octanol–water partition coefficient (Wildman–Crippen LogP) is -1.61. The van der Waals surface area contributed by atoms with Crippen LogP contribution in [-0.4, -0.2) is 98.7 Å². The largest absolute Gasteiger partial charge is 0.411 e. The highest BCUT2D eigenvalue weighted by Gasteiger charge is 2.16. The molecule has 0 aromatic rings. The van der Waals surface area contributed by atoms with Crippen molar-refractivity contribution in [2.75, 3.05) is 59.4 Å².